The molecular weight excluding hydrogens is 937 g/mol. The number of hydrogen-bond acceptors (Lipinski definition) is 11. The minimum Gasteiger partial charge on any atom is -0.453 e. The van der Waals surface area contributed by atoms with Crippen molar-refractivity contribution < 1.29 is 4.74 Å². The Kier molecular flexibility index (Phi) is 10.9. The van der Waals surface area contributed by atoms with Crippen LogP contribution in [0.4, 0.5) is 34.1 Å². The van der Waals surface area contributed by atoms with Crippen LogP contribution in [0.25, 0.3) is 79.2 Å². The number of rotatable bonds is 9. The Morgan fingerprint density at radius 2 is 0.763 bits per heavy atom. The van der Waals surface area contributed by atoms with Gasteiger partial charge in [-0.05, 0) is 144 Å². The van der Waals surface area contributed by atoms with Gasteiger partial charge in [-0.25, -0.2) is 19.9 Å². The quantitative estimate of drug-likeness (QED) is 0.137. The number of pyridine rings is 4. The predicted molar refractivity (Wildman–Crippen MR) is 299 cm³/mol. The summed E-state index contributed by atoms with van der Waals surface area (Å²) in [6.07, 6.45) is 11.6. The van der Waals surface area contributed by atoms with E-state index in [0.717, 1.165) is 85.4 Å². The lowest BCUT2D eigenvalue weighted by Crippen LogP contribution is -2.18. The first-order valence-electron chi connectivity index (χ1n) is 25.0. The smallest absolute Gasteiger partial charge is 0.161 e. The fourth-order valence-corrected chi connectivity index (χ4v) is 10.3. The summed E-state index contributed by atoms with van der Waals surface area (Å²) in [4.78, 5) is 44.9. The lowest BCUT2D eigenvalue weighted by molar-refractivity contribution is 0.477. The zero-order chi connectivity index (χ0) is 50.4. The van der Waals surface area contributed by atoms with Crippen molar-refractivity contribution in [2.45, 2.75) is 6.42 Å². The summed E-state index contributed by atoms with van der Waals surface area (Å²) in [7, 11) is 0. The van der Waals surface area contributed by atoms with Gasteiger partial charge in [-0.15, -0.1) is 0 Å². The number of ether oxygens (including phenoxy) is 1. The lowest BCUT2D eigenvalue weighted by Gasteiger charge is -2.34. The third-order valence-corrected chi connectivity index (χ3v) is 13.8. The largest absolute Gasteiger partial charge is 0.453 e. The van der Waals surface area contributed by atoms with Crippen LogP contribution in [-0.4, -0.2) is 39.9 Å². The summed E-state index contributed by atoms with van der Waals surface area (Å²) in [5.74, 6) is 2.48. The van der Waals surface area contributed by atoms with Crippen molar-refractivity contribution in [1.82, 2.24) is 39.9 Å². The Labute approximate surface area is 438 Å². The van der Waals surface area contributed by atoms with E-state index in [1.54, 1.807) is 24.8 Å². The Balaban J connectivity index is 1.07. The molecule has 0 amide bonds. The average Bonchev–Trinajstić information content (AvgIpc) is 3.51. The summed E-state index contributed by atoms with van der Waals surface area (Å²) in [5, 5.41) is 0. The van der Waals surface area contributed by atoms with Gasteiger partial charge in [0, 0.05) is 88.6 Å². The van der Waals surface area contributed by atoms with E-state index in [-0.39, 0.29) is 0 Å². The molecule has 6 aromatic heterocycles. The second-order valence-corrected chi connectivity index (χ2v) is 18.4. The minimum absolute atomic E-state index is 0.488. The van der Waals surface area contributed by atoms with Crippen molar-refractivity contribution in [1.29, 1.82) is 0 Å². The topological polar surface area (TPSA) is 119 Å². The molecule has 0 saturated carbocycles. The van der Waals surface area contributed by atoms with Crippen LogP contribution in [0.15, 0.2) is 243 Å². The Bertz CT molecular complexity index is 3670. The molecule has 11 heteroatoms. The molecule has 2 aliphatic heterocycles. The molecule has 14 rings (SSSR count). The molecule has 0 N–H and O–H groups in total. The molecule has 2 aliphatic rings. The van der Waals surface area contributed by atoms with Crippen molar-refractivity contribution in [3.63, 3.8) is 0 Å². The molecule has 8 heterocycles. The Hall–Kier alpha value is -10.5. The van der Waals surface area contributed by atoms with Gasteiger partial charge in [-0.1, -0.05) is 84.9 Å². The molecule has 11 nitrogen and oxygen atoms in total. The number of para-hydroxylation sites is 6. The lowest BCUT2D eigenvalue weighted by atomic mass is 9.91. The van der Waals surface area contributed by atoms with Crippen LogP contribution in [-0.2, 0) is 6.42 Å². The zero-order valence-corrected chi connectivity index (χ0v) is 40.7. The number of fused-ring (bicyclic) bond motifs is 4. The van der Waals surface area contributed by atoms with E-state index in [9.17, 15) is 0 Å². The molecule has 0 atom stereocenters. The summed E-state index contributed by atoms with van der Waals surface area (Å²) in [6.45, 7) is 0. The van der Waals surface area contributed by atoms with E-state index < -0.39 is 0 Å². The monoisotopic (exact) mass is 978 g/mol. The molecule has 6 aromatic carbocycles. The van der Waals surface area contributed by atoms with E-state index >= 15 is 0 Å². The second kappa shape index (κ2) is 18.8. The molecule has 0 radical (unpaired) electrons. The third-order valence-electron chi connectivity index (χ3n) is 13.8. The molecule has 76 heavy (non-hydrogen) atoms. The van der Waals surface area contributed by atoms with E-state index in [4.69, 9.17) is 34.6 Å². The van der Waals surface area contributed by atoms with Gasteiger partial charge < -0.3 is 14.5 Å². The van der Waals surface area contributed by atoms with Gasteiger partial charge in [0.2, 0.25) is 0 Å². The Morgan fingerprint density at radius 1 is 0.329 bits per heavy atom. The van der Waals surface area contributed by atoms with Crippen molar-refractivity contribution in [3.05, 3.63) is 255 Å². The highest BCUT2D eigenvalue weighted by Crippen LogP contribution is 2.52. The molecule has 0 spiro atoms. The highest BCUT2D eigenvalue weighted by atomic mass is 16.5. The number of aromatic nitrogens is 8. The molecular formula is C65H42N10O. The van der Waals surface area contributed by atoms with E-state index in [0.29, 0.717) is 45.8 Å². The van der Waals surface area contributed by atoms with Crippen molar-refractivity contribution >= 4 is 34.1 Å². The maximum Gasteiger partial charge on any atom is 0.161 e. The predicted octanol–water partition coefficient (Wildman–Crippen LogP) is 15.5. The number of nitrogens with zero attached hydrogens (tertiary/aromatic N) is 10. The fraction of sp³-hybridized carbons (Fsp3) is 0.0154. The van der Waals surface area contributed by atoms with Gasteiger partial charge in [0.15, 0.2) is 23.1 Å². The van der Waals surface area contributed by atoms with E-state index in [2.05, 4.69) is 117 Å². The standard InChI is InChI=1S/C65H42N10O/c1-3-21-58-42(15-1)35-43-16-2-4-22-59(43)74(58)46-27-29-48(50(36-46)64-70-54(44-17-13-31-66-40-44)38-56(72-64)52-19-9-11-33-68-52)49-30-28-47(75-60-23-5-7-25-62(60)76-63-26-8-6-24-61(63)75)37-51(49)65-71-55(45-18-14-32-67-41-45)39-57(73-65)53-20-10-12-34-69-53/h1-34,36-41H,35H2. The summed E-state index contributed by atoms with van der Waals surface area (Å²) in [5.41, 5.74) is 17.4. The average molecular weight is 979 g/mol. The number of hydrogen-bond donors (Lipinski definition) is 0. The van der Waals surface area contributed by atoms with Gasteiger partial charge in [0.1, 0.15) is 0 Å². The number of benzene rings is 6. The van der Waals surface area contributed by atoms with Crippen molar-refractivity contribution in [2.75, 3.05) is 9.80 Å². The first kappa shape index (κ1) is 44.2. The maximum atomic E-state index is 6.51. The summed E-state index contributed by atoms with van der Waals surface area (Å²) in [6, 6.07) is 70.1. The Morgan fingerprint density at radius 3 is 1.22 bits per heavy atom. The minimum atomic E-state index is 0.488. The normalized spacial score (nSPS) is 12.2. The van der Waals surface area contributed by atoms with Crippen LogP contribution >= 0.6 is 0 Å². The molecule has 0 bridgehead atoms. The van der Waals surface area contributed by atoms with E-state index in [1.165, 1.54) is 11.1 Å². The first-order chi connectivity index (χ1) is 37.7. The highest BCUT2D eigenvalue weighted by Gasteiger charge is 2.30. The second-order valence-electron chi connectivity index (χ2n) is 18.4. The molecule has 0 unspecified atom stereocenters. The van der Waals surface area contributed by atoms with Gasteiger partial charge in [-0.3, -0.25) is 19.9 Å². The van der Waals surface area contributed by atoms with Crippen molar-refractivity contribution in [2.24, 2.45) is 0 Å². The third kappa shape index (κ3) is 8.05. The summed E-state index contributed by atoms with van der Waals surface area (Å²) >= 11 is 0. The van der Waals surface area contributed by atoms with Gasteiger partial charge in [0.25, 0.3) is 0 Å². The molecule has 358 valence electrons. The van der Waals surface area contributed by atoms with Crippen LogP contribution in [0, 0.1) is 0 Å². The molecule has 0 aliphatic carbocycles. The maximum absolute atomic E-state index is 6.51. The van der Waals surface area contributed by atoms with Crippen LogP contribution in [0.2, 0.25) is 0 Å². The molecule has 0 saturated heterocycles. The SMILES string of the molecule is c1ccc(-c2cc(-c3cccnc3)nc(-c3cc(N4c5ccccc5Cc5ccccc54)ccc3-c3ccc(N4c5ccccc5Oc5ccccc54)cc3-c3nc(-c4cccnc4)cc(-c4ccccn4)n3)n2)nc1. The molecule has 12 aromatic rings. The zero-order valence-electron chi connectivity index (χ0n) is 40.7. The van der Waals surface area contributed by atoms with Crippen LogP contribution in [0.1, 0.15) is 11.1 Å². The van der Waals surface area contributed by atoms with Gasteiger partial charge in [0.05, 0.1) is 45.5 Å². The van der Waals surface area contributed by atoms with E-state index in [1.807, 2.05) is 122 Å². The summed E-state index contributed by atoms with van der Waals surface area (Å²) < 4.78 is 6.51. The fourth-order valence-electron chi connectivity index (χ4n) is 10.3. The van der Waals surface area contributed by atoms with Gasteiger partial charge >= 0.3 is 0 Å². The van der Waals surface area contributed by atoms with Crippen LogP contribution in [0.5, 0.6) is 11.5 Å². The highest BCUT2D eigenvalue weighted by molar-refractivity contribution is 5.96. The van der Waals surface area contributed by atoms with Crippen LogP contribution in [0.3, 0.4) is 0 Å². The number of anilines is 6. The molecule has 0 fully saturated rings. The van der Waals surface area contributed by atoms with Gasteiger partial charge in [-0.2, -0.15) is 0 Å². The van der Waals surface area contributed by atoms with Crippen LogP contribution < -0.4 is 14.5 Å². The first-order valence-corrected chi connectivity index (χ1v) is 25.0. The van der Waals surface area contributed by atoms with Crippen molar-refractivity contribution in [3.8, 4) is 90.7 Å².